The van der Waals surface area contributed by atoms with E-state index in [1.807, 2.05) is 12.1 Å². The number of nitrogens with one attached hydrogen (secondary N) is 1. The first-order valence-corrected chi connectivity index (χ1v) is 7.16. The van der Waals surface area contributed by atoms with E-state index in [0.29, 0.717) is 42.8 Å². The molecule has 0 aliphatic carbocycles. The lowest BCUT2D eigenvalue weighted by Gasteiger charge is -2.15. The predicted molar refractivity (Wildman–Crippen MR) is 77.6 cm³/mol. The minimum atomic E-state index is 0.0879. The third-order valence-electron chi connectivity index (χ3n) is 3.33. The SMILES string of the molecule is O=C1CCN(Cc2nc(-c3ccc(Cl)cc3)no2)CCN1. The summed E-state index contributed by atoms with van der Waals surface area (Å²) in [6.07, 6.45) is 0.498. The van der Waals surface area contributed by atoms with Crippen LogP contribution in [0.1, 0.15) is 12.3 Å². The van der Waals surface area contributed by atoms with Gasteiger partial charge in [0.25, 0.3) is 0 Å². The normalized spacial score (nSPS) is 16.5. The van der Waals surface area contributed by atoms with Crippen LogP contribution in [0.15, 0.2) is 28.8 Å². The average molecular weight is 307 g/mol. The maximum Gasteiger partial charge on any atom is 0.241 e. The van der Waals surface area contributed by atoms with Crippen molar-refractivity contribution in [2.75, 3.05) is 19.6 Å². The quantitative estimate of drug-likeness (QED) is 0.935. The van der Waals surface area contributed by atoms with Crippen LogP contribution in [0.4, 0.5) is 0 Å². The Morgan fingerprint density at radius 1 is 1.29 bits per heavy atom. The van der Waals surface area contributed by atoms with Crippen molar-refractivity contribution in [1.29, 1.82) is 0 Å². The fourth-order valence-corrected chi connectivity index (χ4v) is 2.32. The molecule has 1 aromatic carbocycles. The number of hydrogen-bond donors (Lipinski definition) is 1. The first kappa shape index (κ1) is 14.0. The molecular formula is C14H15ClN4O2. The van der Waals surface area contributed by atoms with Gasteiger partial charge in [0.2, 0.25) is 17.6 Å². The lowest BCUT2D eigenvalue weighted by atomic mass is 10.2. The molecule has 1 amide bonds. The first-order chi connectivity index (χ1) is 10.2. The van der Waals surface area contributed by atoms with E-state index in [1.54, 1.807) is 12.1 Å². The minimum Gasteiger partial charge on any atom is -0.355 e. The summed E-state index contributed by atoms with van der Waals surface area (Å²) >= 11 is 5.86. The molecule has 1 aliphatic rings. The number of carbonyl (C=O) groups excluding carboxylic acids is 1. The van der Waals surface area contributed by atoms with Gasteiger partial charge in [0.1, 0.15) is 0 Å². The summed E-state index contributed by atoms with van der Waals surface area (Å²) in [5.74, 6) is 1.19. The molecule has 0 atom stereocenters. The van der Waals surface area contributed by atoms with E-state index in [4.69, 9.17) is 16.1 Å². The van der Waals surface area contributed by atoms with Gasteiger partial charge < -0.3 is 9.84 Å². The van der Waals surface area contributed by atoms with Crippen LogP contribution in [0.5, 0.6) is 0 Å². The van der Waals surface area contributed by atoms with Crippen molar-refractivity contribution in [3.05, 3.63) is 35.2 Å². The van der Waals surface area contributed by atoms with E-state index in [9.17, 15) is 4.79 Å². The van der Waals surface area contributed by atoms with Crippen LogP contribution >= 0.6 is 11.6 Å². The number of halogens is 1. The molecule has 0 saturated carbocycles. The highest BCUT2D eigenvalue weighted by molar-refractivity contribution is 6.30. The molecule has 7 heteroatoms. The molecule has 3 rings (SSSR count). The highest BCUT2D eigenvalue weighted by Gasteiger charge is 2.16. The molecule has 1 aliphatic heterocycles. The fourth-order valence-electron chi connectivity index (χ4n) is 2.20. The van der Waals surface area contributed by atoms with Gasteiger partial charge >= 0.3 is 0 Å². The molecule has 1 aromatic heterocycles. The van der Waals surface area contributed by atoms with Crippen molar-refractivity contribution in [2.24, 2.45) is 0 Å². The zero-order valence-corrected chi connectivity index (χ0v) is 12.1. The molecular weight excluding hydrogens is 292 g/mol. The van der Waals surface area contributed by atoms with Crippen LogP contribution in [0.25, 0.3) is 11.4 Å². The van der Waals surface area contributed by atoms with Gasteiger partial charge in [-0.1, -0.05) is 16.8 Å². The van der Waals surface area contributed by atoms with E-state index < -0.39 is 0 Å². The predicted octanol–water partition coefficient (Wildman–Crippen LogP) is 1.71. The van der Waals surface area contributed by atoms with Crippen LogP contribution in [-0.4, -0.2) is 40.6 Å². The Kier molecular flexibility index (Phi) is 4.17. The monoisotopic (exact) mass is 306 g/mol. The number of carbonyl (C=O) groups is 1. The second-order valence-corrected chi connectivity index (χ2v) is 5.33. The van der Waals surface area contributed by atoms with E-state index >= 15 is 0 Å². The molecule has 1 N–H and O–H groups in total. The fraction of sp³-hybridized carbons (Fsp3) is 0.357. The second-order valence-electron chi connectivity index (χ2n) is 4.89. The van der Waals surface area contributed by atoms with Gasteiger partial charge in [0.05, 0.1) is 6.54 Å². The standard InChI is InChI=1S/C14H15ClN4O2/c15-11-3-1-10(2-4-11)14-17-13(21-18-14)9-19-7-5-12(20)16-6-8-19/h1-4H,5-9H2,(H,16,20). The summed E-state index contributed by atoms with van der Waals surface area (Å²) in [7, 11) is 0. The summed E-state index contributed by atoms with van der Waals surface area (Å²) in [6, 6.07) is 7.29. The summed E-state index contributed by atoms with van der Waals surface area (Å²) in [4.78, 5) is 17.8. The van der Waals surface area contributed by atoms with Crippen molar-refractivity contribution in [3.63, 3.8) is 0 Å². The van der Waals surface area contributed by atoms with Gasteiger partial charge in [0, 0.05) is 36.6 Å². The van der Waals surface area contributed by atoms with Gasteiger partial charge in [-0.3, -0.25) is 9.69 Å². The first-order valence-electron chi connectivity index (χ1n) is 6.78. The Hall–Kier alpha value is -1.92. The largest absolute Gasteiger partial charge is 0.355 e. The Bertz CT molecular complexity index is 626. The van der Waals surface area contributed by atoms with E-state index in [1.165, 1.54) is 0 Å². The molecule has 21 heavy (non-hydrogen) atoms. The summed E-state index contributed by atoms with van der Waals surface area (Å²) in [6.45, 7) is 2.68. The Morgan fingerprint density at radius 3 is 2.90 bits per heavy atom. The summed E-state index contributed by atoms with van der Waals surface area (Å²) < 4.78 is 5.28. The molecule has 1 fully saturated rings. The number of rotatable bonds is 3. The Morgan fingerprint density at radius 2 is 2.10 bits per heavy atom. The molecule has 0 spiro atoms. The highest BCUT2D eigenvalue weighted by Crippen LogP contribution is 2.19. The third kappa shape index (κ3) is 3.59. The smallest absolute Gasteiger partial charge is 0.241 e. The van der Waals surface area contributed by atoms with Crippen LogP contribution in [0.2, 0.25) is 5.02 Å². The van der Waals surface area contributed by atoms with Crippen molar-refractivity contribution < 1.29 is 9.32 Å². The second kappa shape index (κ2) is 6.24. The third-order valence-corrected chi connectivity index (χ3v) is 3.59. The topological polar surface area (TPSA) is 71.3 Å². The van der Waals surface area contributed by atoms with Crippen LogP contribution in [0.3, 0.4) is 0 Å². The van der Waals surface area contributed by atoms with Gasteiger partial charge in [-0.2, -0.15) is 4.98 Å². The molecule has 0 unspecified atom stereocenters. The van der Waals surface area contributed by atoms with E-state index in [-0.39, 0.29) is 5.91 Å². The lowest BCUT2D eigenvalue weighted by Crippen LogP contribution is -2.28. The van der Waals surface area contributed by atoms with Gasteiger partial charge in [-0.25, -0.2) is 0 Å². The molecule has 110 valence electrons. The highest BCUT2D eigenvalue weighted by atomic mass is 35.5. The summed E-state index contributed by atoms with van der Waals surface area (Å²) in [5.41, 5.74) is 0.863. The Labute approximate surface area is 127 Å². The number of nitrogens with zero attached hydrogens (tertiary/aromatic N) is 3. The Balaban J connectivity index is 1.67. The average Bonchev–Trinajstić information content (AvgIpc) is 2.84. The van der Waals surface area contributed by atoms with Gasteiger partial charge in [-0.15, -0.1) is 0 Å². The van der Waals surface area contributed by atoms with Gasteiger partial charge in [0.15, 0.2) is 0 Å². The number of benzene rings is 1. The zero-order chi connectivity index (χ0) is 14.7. The maximum absolute atomic E-state index is 11.3. The molecule has 2 aromatic rings. The van der Waals surface area contributed by atoms with Crippen molar-refractivity contribution in [1.82, 2.24) is 20.4 Å². The molecule has 0 radical (unpaired) electrons. The van der Waals surface area contributed by atoms with Crippen molar-refractivity contribution in [2.45, 2.75) is 13.0 Å². The number of aromatic nitrogens is 2. The van der Waals surface area contributed by atoms with Crippen LogP contribution in [0, 0.1) is 0 Å². The number of amides is 1. The molecule has 1 saturated heterocycles. The van der Waals surface area contributed by atoms with E-state index in [0.717, 1.165) is 12.1 Å². The number of hydrogen-bond acceptors (Lipinski definition) is 5. The van der Waals surface area contributed by atoms with Crippen molar-refractivity contribution in [3.8, 4) is 11.4 Å². The minimum absolute atomic E-state index is 0.0879. The molecule has 0 bridgehead atoms. The van der Waals surface area contributed by atoms with Crippen LogP contribution < -0.4 is 5.32 Å². The maximum atomic E-state index is 11.3. The van der Waals surface area contributed by atoms with E-state index in [2.05, 4.69) is 20.4 Å². The van der Waals surface area contributed by atoms with Gasteiger partial charge in [-0.05, 0) is 24.3 Å². The van der Waals surface area contributed by atoms with Crippen LogP contribution in [-0.2, 0) is 11.3 Å². The zero-order valence-electron chi connectivity index (χ0n) is 11.4. The molecule has 6 nitrogen and oxygen atoms in total. The molecule has 2 heterocycles. The summed E-state index contributed by atoms with van der Waals surface area (Å²) in [5, 5.41) is 7.49. The lowest BCUT2D eigenvalue weighted by molar-refractivity contribution is -0.120. The van der Waals surface area contributed by atoms with Crippen molar-refractivity contribution >= 4 is 17.5 Å².